The van der Waals surface area contributed by atoms with Crippen LogP contribution in [-0.2, 0) is 6.54 Å². The second-order valence-electron chi connectivity index (χ2n) is 4.66. The van der Waals surface area contributed by atoms with Crippen LogP contribution in [0.3, 0.4) is 0 Å². The molecule has 0 spiro atoms. The molecule has 5 heteroatoms. The largest absolute Gasteiger partial charge is 0.496 e. The van der Waals surface area contributed by atoms with E-state index in [2.05, 4.69) is 34.7 Å². The maximum absolute atomic E-state index is 5.39. The molecule has 1 fully saturated rings. The van der Waals surface area contributed by atoms with Crippen molar-refractivity contribution in [1.29, 1.82) is 0 Å². The summed E-state index contributed by atoms with van der Waals surface area (Å²) in [5, 5.41) is 6.67. The molecule has 0 amide bonds. The molecule has 4 nitrogen and oxygen atoms in total. The van der Waals surface area contributed by atoms with Gasteiger partial charge in [0.15, 0.2) is 5.96 Å². The minimum Gasteiger partial charge on any atom is -0.496 e. The lowest BCUT2D eigenvalue weighted by Crippen LogP contribution is -2.38. The Hall–Kier alpha value is -0.980. The molecule has 1 aliphatic carbocycles. The first-order valence-electron chi connectivity index (χ1n) is 6.33. The van der Waals surface area contributed by atoms with Gasteiger partial charge in [-0.1, -0.05) is 12.1 Å². The molecular formula is C14H22IN3O. The number of methoxy groups -OCH3 is 1. The average Bonchev–Trinajstić information content (AvgIpc) is 3.19. The van der Waals surface area contributed by atoms with E-state index in [9.17, 15) is 0 Å². The molecule has 0 bridgehead atoms. The van der Waals surface area contributed by atoms with Gasteiger partial charge in [-0.2, -0.15) is 0 Å². The average molecular weight is 375 g/mol. The number of rotatable bonds is 4. The summed E-state index contributed by atoms with van der Waals surface area (Å²) in [6.07, 6.45) is 2.49. The molecule has 1 aromatic carbocycles. The van der Waals surface area contributed by atoms with E-state index in [0.717, 1.165) is 23.8 Å². The van der Waals surface area contributed by atoms with E-state index in [0.29, 0.717) is 6.04 Å². The number of hydrogen-bond acceptors (Lipinski definition) is 2. The Bertz CT molecular complexity index is 444. The first kappa shape index (κ1) is 16.1. The lowest BCUT2D eigenvalue weighted by Gasteiger charge is -2.13. The van der Waals surface area contributed by atoms with Crippen molar-refractivity contribution in [3.63, 3.8) is 0 Å². The molecule has 2 rings (SSSR count). The van der Waals surface area contributed by atoms with Crippen molar-refractivity contribution >= 4 is 29.9 Å². The SMILES string of the molecule is CN=C(NCc1ccc(C)cc1OC)NC1CC1.I. The highest BCUT2D eigenvalue weighted by atomic mass is 127. The zero-order chi connectivity index (χ0) is 13.0. The van der Waals surface area contributed by atoms with Gasteiger partial charge in [-0.15, -0.1) is 24.0 Å². The van der Waals surface area contributed by atoms with Crippen molar-refractivity contribution in [1.82, 2.24) is 10.6 Å². The van der Waals surface area contributed by atoms with Gasteiger partial charge in [-0.3, -0.25) is 4.99 Å². The quantitative estimate of drug-likeness (QED) is 0.483. The third kappa shape index (κ3) is 4.89. The van der Waals surface area contributed by atoms with E-state index in [1.54, 1.807) is 14.2 Å². The van der Waals surface area contributed by atoms with Gasteiger partial charge in [0.05, 0.1) is 7.11 Å². The highest BCUT2D eigenvalue weighted by Crippen LogP contribution is 2.20. The monoisotopic (exact) mass is 375 g/mol. The van der Waals surface area contributed by atoms with Crippen LogP contribution in [-0.4, -0.2) is 26.2 Å². The molecule has 106 valence electrons. The van der Waals surface area contributed by atoms with Crippen LogP contribution in [0.1, 0.15) is 24.0 Å². The molecule has 2 N–H and O–H groups in total. The summed E-state index contributed by atoms with van der Waals surface area (Å²) < 4.78 is 5.39. The Balaban J connectivity index is 0.00000180. The fourth-order valence-corrected chi connectivity index (χ4v) is 1.79. The summed E-state index contributed by atoms with van der Waals surface area (Å²) >= 11 is 0. The van der Waals surface area contributed by atoms with Crippen LogP contribution in [0.15, 0.2) is 23.2 Å². The smallest absolute Gasteiger partial charge is 0.191 e. The first-order chi connectivity index (χ1) is 8.72. The number of hydrogen-bond donors (Lipinski definition) is 2. The fraction of sp³-hybridized carbons (Fsp3) is 0.500. The first-order valence-corrected chi connectivity index (χ1v) is 6.33. The van der Waals surface area contributed by atoms with Crippen LogP contribution in [0.5, 0.6) is 5.75 Å². The molecule has 1 aromatic rings. The number of guanidine groups is 1. The zero-order valence-corrected chi connectivity index (χ0v) is 14.0. The van der Waals surface area contributed by atoms with Gasteiger partial charge in [0.2, 0.25) is 0 Å². The molecule has 1 aliphatic rings. The van der Waals surface area contributed by atoms with Crippen molar-refractivity contribution in [3.8, 4) is 5.75 Å². The minimum absolute atomic E-state index is 0. The van der Waals surface area contributed by atoms with E-state index < -0.39 is 0 Å². The Morgan fingerprint density at radius 3 is 2.74 bits per heavy atom. The van der Waals surface area contributed by atoms with Crippen LogP contribution >= 0.6 is 24.0 Å². The number of ether oxygens (including phenoxy) is 1. The van der Waals surface area contributed by atoms with Crippen molar-refractivity contribution in [2.45, 2.75) is 32.4 Å². The lowest BCUT2D eigenvalue weighted by atomic mass is 10.1. The topological polar surface area (TPSA) is 45.7 Å². The molecule has 0 atom stereocenters. The van der Waals surface area contributed by atoms with Crippen molar-refractivity contribution in [3.05, 3.63) is 29.3 Å². The van der Waals surface area contributed by atoms with Crippen LogP contribution in [0.2, 0.25) is 0 Å². The maximum atomic E-state index is 5.39. The predicted molar refractivity (Wildman–Crippen MR) is 89.5 cm³/mol. The van der Waals surface area contributed by atoms with Gasteiger partial charge in [-0.05, 0) is 31.4 Å². The molecule has 0 saturated heterocycles. The van der Waals surface area contributed by atoms with Crippen molar-refractivity contribution in [2.75, 3.05) is 14.2 Å². The second kappa shape index (κ2) is 7.57. The van der Waals surface area contributed by atoms with E-state index in [4.69, 9.17) is 4.74 Å². The number of nitrogens with one attached hydrogen (secondary N) is 2. The lowest BCUT2D eigenvalue weighted by molar-refractivity contribution is 0.408. The summed E-state index contributed by atoms with van der Waals surface area (Å²) in [6, 6.07) is 6.84. The van der Waals surface area contributed by atoms with Gasteiger partial charge in [0.1, 0.15) is 5.75 Å². The van der Waals surface area contributed by atoms with Crippen molar-refractivity contribution in [2.24, 2.45) is 4.99 Å². The van der Waals surface area contributed by atoms with Gasteiger partial charge in [-0.25, -0.2) is 0 Å². The Morgan fingerprint density at radius 1 is 1.42 bits per heavy atom. The zero-order valence-electron chi connectivity index (χ0n) is 11.7. The Kier molecular flexibility index (Phi) is 6.41. The number of aryl methyl sites for hydroxylation is 1. The van der Waals surface area contributed by atoms with Crippen LogP contribution < -0.4 is 15.4 Å². The van der Waals surface area contributed by atoms with Gasteiger partial charge < -0.3 is 15.4 Å². The molecule has 0 aliphatic heterocycles. The number of nitrogens with zero attached hydrogens (tertiary/aromatic N) is 1. The molecule has 1 saturated carbocycles. The third-order valence-electron chi connectivity index (χ3n) is 3.03. The standard InChI is InChI=1S/C14H21N3O.HI/c1-10-4-5-11(13(8-10)18-3)9-16-14(15-2)17-12-6-7-12;/h4-5,8,12H,6-7,9H2,1-3H3,(H2,15,16,17);1H. The highest BCUT2D eigenvalue weighted by Gasteiger charge is 2.22. The van der Waals surface area contributed by atoms with Gasteiger partial charge in [0.25, 0.3) is 0 Å². The predicted octanol–water partition coefficient (Wildman–Crippen LogP) is 2.45. The maximum Gasteiger partial charge on any atom is 0.191 e. The van der Waals surface area contributed by atoms with Gasteiger partial charge >= 0.3 is 0 Å². The summed E-state index contributed by atoms with van der Waals surface area (Å²) in [5.74, 6) is 1.78. The highest BCUT2D eigenvalue weighted by molar-refractivity contribution is 14.0. The molecular weight excluding hydrogens is 353 g/mol. The molecule has 0 unspecified atom stereocenters. The summed E-state index contributed by atoms with van der Waals surface area (Å²) in [5.41, 5.74) is 2.35. The molecule has 0 heterocycles. The molecule has 0 radical (unpaired) electrons. The minimum atomic E-state index is 0. The summed E-state index contributed by atoms with van der Waals surface area (Å²) in [6.45, 7) is 2.78. The summed E-state index contributed by atoms with van der Waals surface area (Å²) in [4.78, 5) is 4.21. The normalized spacial score (nSPS) is 14.6. The van der Waals surface area contributed by atoms with Crippen LogP contribution in [0, 0.1) is 6.92 Å². The van der Waals surface area contributed by atoms with E-state index in [-0.39, 0.29) is 24.0 Å². The van der Waals surface area contributed by atoms with Crippen molar-refractivity contribution < 1.29 is 4.74 Å². The summed E-state index contributed by atoms with van der Waals surface area (Å²) in [7, 11) is 3.50. The van der Waals surface area contributed by atoms with Crippen LogP contribution in [0.4, 0.5) is 0 Å². The van der Waals surface area contributed by atoms with Crippen LogP contribution in [0.25, 0.3) is 0 Å². The van der Waals surface area contributed by atoms with E-state index in [1.807, 2.05) is 6.07 Å². The fourth-order valence-electron chi connectivity index (χ4n) is 1.79. The van der Waals surface area contributed by atoms with E-state index >= 15 is 0 Å². The third-order valence-corrected chi connectivity index (χ3v) is 3.03. The number of halogens is 1. The van der Waals surface area contributed by atoms with E-state index in [1.165, 1.54) is 18.4 Å². The van der Waals surface area contributed by atoms with Gasteiger partial charge in [0, 0.05) is 25.2 Å². The number of benzene rings is 1. The second-order valence-corrected chi connectivity index (χ2v) is 4.66. The molecule has 0 aromatic heterocycles. The Labute approximate surface area is 132 Å². The molecule has 19 heavy (non-hydrogen) atoms. The Morgan fingerprint density at radius 2 is 2.16 bits per heavy atom. The number of aliphatic imine (C=N–C) groups is 1.